The van der Waals surface area contributed by atoms with Gasteiger partial charge >= 0.3 is 6.09 Å². The molecule has 1 saturated carbocycles. The van der Waals surface area contributed by atoms with E-state index in [1.54, 1.807) is 51.9 Å². The summed E-state index contributed by atoms with van der Waals surface area (Å²) in [7, 11) is 3.55. The molecule has 5 atom stereocenters. The lowest BCUT2D eigenvalue weighted by Gasteiger charge is -2.35. The molecule has 8 nitrogen and oxygen atoms in total. The van der Waals surface area contributed by atoms with E-state index >= 15 is 4.39 Å². The first-order valence-corrected chi connectivity index (χ1v) is 13.7. The average Bonchev–Trinajstić information content (AvgIpc) is 3.59. The molecule has 1 aromatic carbocycles. The summed E-state index contributed by atoms with van der Waals surface area (Å²) < 4.78 is 20.6. The smallest absolute Gasteiger partial charge is 0.411 e. The van der Waals surface area contributed by atoms with Crippen LogP contribution in [-0.2, 0) is 16.0 Å². The van der Waals surface area contributed by atoms with Gasteiger partial charge in [0.2, 0.25) is 5.91 Å². The second-order valence-corrected chi connectivity index (χ2v) is 12.3. The molecule has 2 fully saturated rings. The van der Waals surface area contributed by atoms with Crippen molar-refractivity contribution in [3.05, 3.63) is 45.9 Å². The van der Waals surface area contributed by atoms with Gasteiger partial charge in [0.25, 0.3) is 0 Å². The van der Waals surface area contributed by atoms with E-state index in [4.69, 9.17) is 4.74 Å². The molecule has 0 radical (unpaired) electrons. The van der Waals surface area contributed by atoms with Crippen molar-refractivity contribution in [1.82, 2.24) is 15.1 Å². The molecule has 2 N–H and O–H groups in total. The number of aliphatic hydroxyl groups is 1. The van der Waals surface area contributed by atoms with Gasteiger partial charge in [-0.15, -0.1) is 11.3 Å². The largest absolute Gasteiger partial charge is 0.444 e. The van der Waals surface area contributed by atoms with Crippen LogP contribution in [0.4, 0.5) is 9.18 Å². The van der Waals surface area contributed by atoms with Crippen molar-refractivity contribution in [2.24, 2.45) is 5.92 Å². The summed E-state index contributed by atoms with van der Waals surface area (Å²) in [4.78, 5) is 30.1. The fourth-order valence-electron chi connectivity index (χ4n) is 5.30. The Morgan fingerprint density at radius 3 is 2.66 bits per heavy atom. The molecule has 2 bridgehead atoms. The van der Waals surface area contributed by atoms with Crippen LogP contribution in [0.25, 0.3) is 11.1 Å². The Morgan fingerprint density at radius 1 is 1.29 bits per heavy atom. The van der Waals surface area contributed by atoms with E-state index in [-0.39, 0.29) is 18.4 Å². The van der Waals surface area contributed by atoms with Gasteiger partial charge < -0.3 is 15.2 Å². The van der Waals surface area contributed by atoms with Crippen molar-refractivity contribution >= 4 is 23.3 Å². The highest BCUT2D eigenvalue weighted by atomic mass is 32.1. The van der Waals surface area contributed by atoms with E-state index in [1.165, 1.54) is 22.3 Å². The van der Waals surface area contributed by atoms with Gasteiger partial charge in [0.1, 0.15) is 29.7 Å². The number of piperidine rings is 1. The monoisotopic (exact) mass is 542 g/mol. The summed E-state index contributed by atoms with van der Waals surface area (Å²) in [5.41, 5.74) is 1.07. The predicted octanol–water partition coefficient (Wildman–Crippen LogP) is 4.45. The predicted molar refractivity (Wildman–Crippen MR) is 143 cm³/mol. The van der Waals surface area contributed by atoms with Crippen molar-refractivity contribution in [2.75, 3.05) is 14.1 Å². The minimum Gasteiger partial charge on any atom is -0.444 e. The minimum absolute atomic E-state index is 0.00413. The molecular formula is C28H35FN4O4S. The molecule has 38 heavy (non-hydrogen) atoms. The third-order valence-corrected chi connectivity index (χ3v) is 8.08. The Balaban J connectivity index is 1.44. The summed E-state index contributed by atoms with van der Waals surface area (Å²) in [6.07, 6.45) is 1.14. The third kappa shape index (κ3) is 6.01. The van der Waals surface area contributed by atoms with Gasteiger partial charge in [-0.05, 0) is 94.3 Å². The van der Waals surface area contributed by atoms with E-state index in [1.807, 2.05) is 11.4 Å². The third-order valence-electron chi connectivity index (χ3n) is 7.10. The van der Waals surface area contributed by atoms with Crippen LogP contribution in [0.5, 0.6) is 0 Å². The number of benzene rings is 1. The Morgan fingerprint density at radius 2 is 2.03 bits per heavy atom. The number of nitrogens with zero attached hydrogens (tertiary/aromatic N) is 3. The number of amides is 2. The van der Waals surface area contributed by atoms with Gasteiger partial charge in [0.05, 0.1) is 6.07 Å². The van der Waals surface area contributed by atoms with E-state index in [9.17, 15) is 20.0 Å². The number of hydrogen-bond donors (Lipinski definition) is 2. The van der Waals surface area contributed by atoms with Crippen LogP contribution in [0.1, 0.15) is 56.7 Å². The number of ether oxygens (including phenoxy) is 1. The number of carbonyl (C=O) groups excluding carboxylic acids is 2. The highest BCUT2D eigenvalue weighted by Crippen LogP contribution is 2.43. The number of likely N-dealkylation sites (tertiary alicyclic amines) is 1. The number of carbonyl (C=O) groups is 2. The van der Waals surface area contributed by atoms with Crippen LogP contribution in [0.3, 0.4) is 0 Å². The Hall–Kier alpha value is -3.00. The molecule has 1 aromatic heterocycles. The highest BCUT2D eigenvalue weighted by Gasteiger charge is 2.52. The Bertz CT molecular complexity index is 1230. The number of nitriles is 1. The van der Waals surface area contributed by atoms with Crippen molar-refractivity contribution in [1.29, 1.82) is 5.26 Å². The second-order valence-electron chi connectivity index (χ2n) is 11.3. The summed E-state index contributed by atoms with van der Waals surface area (Å²) >= 11 is 1.39. The summed E-state index contributed by atoms with van der Waals surface area (Å²) in [6, 6.07) is 6.98. The molecule has 10 heteroatoms. The number of halogens is 1. The quantitative estimate of drug-likeness (QED) is 0.501. The van der Waals surface area contributed by atoms with Crippen molar-refractivity contribution < 1.29 is 23.8 Å². The fraction of sp³-hybridized carbons (Fsp3) is 0.536. The standard InChI is InChI=1S/C28H35FN4O4S/c1-28(2,3)37-27(36)33-21-9-8-18(11-21)24(33)25(34)31-20(14-30)10-17-7-6-16(12-22(17)29)19-13-23(38-15-19)26(35)32(4)5/h6-7,12-13,15,18,20-21,24,26,35H,8-11H2,1-5H3,(H,31,34)/t18-,20-,21+,24-,26?/m0/s1. The van der Waals surface area contributed by atoms with Crippen molar-refractivity contribution in [2.45, 2.75) is 76.4 Å². The summed E-state index contributed by atoms with van der Waals surface area (Å²) in [5.74, 6) is -0.866. The van der Waals surface area contributed by atoms with Crippen LogP contribution in [0.15, 0.2) is 29.6 Å². The SMILES string of the molecule is CN(C)C(O)c1cc(-c2ccc(C[C@@H](C#N)NC(=O)[C@@H]3[C@H]4CC[C@H](C4)N3C(=O)OC(C)(C)C)c(F)c2)cs1. The van der Waals surface area contributed by atoms with Crippen molar-refractivity contribution in [3.63, 3.8) is 0 Å². The summed E-state index contributed by atoms with van der Waals surface area (Å²) in [6.45, 7) is 5.35. The molecule has 1 aliphatic carbocycles. The molecule has 4 rings (SSSR count). The Labute approximate surface area is 227 Å². The normalized spacial score (nSPS) is 22.3. The van der Waals surface area contributed by atoms with Gasteiger partial charge in [-0.25, -0.2) is 9.18 Å². The minimum atomic E-state index is -0.953. The lowest BCUT2D eigenvalue weighted by atomic mass is 9.97. The number of fused-ring (bicyclic) bond motifs is 2. The first-order valence-electron chi connectivity index (χ1n) is 12.8. The van der Waals surface area contributed by atoms with E-state index in [0.717, 1.165) is 29.7 Å². The molecule has 2 aliphatic rings. The fourth-order valence-corrected chi connectivity index (χ4v) is 6.29. The Kier molecular flexibility index (Phi) is 8.12. The summed E-state index contributed by atoms with van der Waals surface area (Å²) in [5, 5.41) is 24.6. The number of rotatable bonds is 7. The van der Waals surface area contributed by atoms with Gasteiger partial charge in [-0.3, -0.25) is 14.6 Å². The topological polar surface area (TPSA) is 106 Å². The van der Waals surface area contributed by atoms with Gasteiger partial charge in [-0.2, -0.15) is 5.26 Å². The van der Waals surface area contributed by atoms with E-state index < -0.39 is 41.7 Å². The number of hydrogen-bond acceptors (Lipinski definition) is 7. The maximum absolute atomic E-state index is 15.1. The highest BCUT2D eigenvalue weighted by molar-refractivity contribution is 7.10. The second kappa shape index (κ2) is 11.0. The zero-order chi connectivity index (χ0) is 27.8. The zero-order valence-electron chi connectivity index (χ0n) is 22.4. The molecule has 0 spiro atoms. The first-order chi connectivity index (χ1) is 17.9. The zero-order valence-corrected chi connectivity index (χ0v) is 23.2. The lowest BCUT2D eigenvalue weighted by Crippen LogP contribution is -2.55. The van der Waals surface area contributed by atoms with Crippen LogP contribution in [0, 0.1) is 23.1 Å². The molecule has 1 unspecified atom stereocenters. The maximum atomic E-state index is 15.1. The van der Waals surface area contributed by atoms with Gasteiger partial charge in [0.15, 0.2) is 0 Å². The molecule has 204 valence electrons. The molecular weight excluding hydrogens is 507 g/mol. The molecule has 1 saturated heterocycles. The van der Waals surface area contributed by atoms with Gasteiger partial charge in [0, 0.05) is 17.3 Å². The van der Waals surface area contributed by atoms with Crippen LogP contribution >= 0.6 is 11.3 Å². The van der Waals surface area contributed by atoms with Crippen LogP contribution in [0.2, 0.25) is 0 Å². The molecule has 2 aromatic rings. The average molecular weight is 543 g/mol. The van der Waals surface area contributed by atoms with Crippen LogP contribution < -0.4 is 5.32 Å². The molecule has 2 amide bonds. The molecule has 1 aliphatic heterocycles. The lowest BCUT2D eigenvalue weighted by molar-refractivity contribution is -0.128. The number of aliphatic hydroxyl groups excluding tert-OH is 1. The van der Waals surface area contributed by atoms with E-state index in [0.29, 0.717) is 11.1 Å². The molecule has 2 heterocycles. The maximum Gasteiger partial charge on any atom is 0.411 e. The van der Waals surface area contributed by atoms with Crippen LogP contribution in [-0.4, -0.2) is 64.7 Å². The number of thiophene rings is 1. The number of nitrogens with one attached hydrogen (secondary N) is 1. The van der Waals surface area contributed by atoms with E-state index in [2.05, 4.69) is 11.4 Å². The van der Waals surface area contributed by atoms with Crippen molar-refractivity contribution in [3.8, 4) is 17.2 Å². The first kappa shape index (κ1) is 28.0. The van der Waals surface area contributed by atoms with Gasteiger partial charge in [-0.1, -0.05) is 12.1 Å².